The molecule has 0 rings (SSSR count). The second-order valence-electron chi connectivity index (χ2n) is 16.4. The zero-order valence-electron chi connectivity index (χ0n) is 35.9. The van der Waals surface area contributed by atoms with Crippen molar-refractivity contribution < 1.29 is 32.9 Å². The number of aliphatic hydroxyl groups excluding tert-OH is 1. The van der Waals surface area contributed by atoms with Gasteiger partial charge >= 0.3 is 0 Å². The van der Waals surface area contributed by atoms with Gasteiger partial charge in [0.2, 0.25) is 5.91 Å². The third kappa shape index (κ3) is 39.0. The Morgan fingerprint density at radius 1 is 0.630 bits per heavy atom. The Labute approximate surface area is 334 Å². The molecule has 3 unspecified atom stereocenters. The topological polar surface area (TPSA) is 108 Å². The van der Waals surface area contributed by atoms with E-state index in [1.54, 1.807) is 6.08 Å². The van der Waals surface area contributed by atoms with Crippen molar-refractivity contribution >= 4 is 13.7 Å². The van der Waals surface area contributed by atoms with E-state index in [4.69, 9.17) is 9.05 Å². The molecule has 9 heteroatoms. The molecule has 0 spiro atoms. The van der Waals surface area contributed by atoms with Crippen LogP contribution in [0, 0.1) is 0 Å². The molecule has 0 fully saturated rings. The number of nitrogens with one attached hydrogen (secondary N) is 1. The molecule has 318 valence electrons. The molecule has 0 aliphatic rings. The summed E-state index contributed by atoms with van der Waals surface area (Å²) in [6.07, 6.45) is 44.7. The Balaban J connectivity index is 4.47. The summed E-state index contributed by atoms with van der Waals surface area (Å²) in [7, 11) is 1.24. The van der Waals surface area contributed by atoms with Crippen LogP contribution in [0.5, 0.6) is 0 Å². The predicted molar refractivity (Wildman–Crippen MR) is 228 cm³/mol. The highest BCUT2D eigenvalue weighted by Crippen LogP contribution is 2.38. The van der Waals surface area contributed by atoms with Gasteiger partial charge in [-0.05, 0) is 44.9 Å². The Morgan fingerprint density at radius 3 is 1.50 bits per heavy atom. The van der Waals surface area contributed by atoms with Gasteiger partial charge in [-0.1, -0.05) is 179 Å². The Morgan fingerprint density at radius 2 is 1.04 bits per heavy atom. The molecule has 0 aromatic carbocycles. The first-order chi connectivity index (χ1) is 26.0. The van der Waals surface area contributed by atoms with E-state index in [0.29, 0.717) is 17.4 Å². The van der Waals surface area contributed by atoms with Crippen LogP contribution in [-0.4, -0.2) is 68.5 Å². The molecular formula is C45H87N2O6P. The highest BCUT2D eigenvalue weighted by molar-refractivity contribution is 7.45. The Bertz CT molecular complexity index is 980. The van der Waals surface area contributed by atoms with Crippen molar-refractivity contribution in [1.29, 1.82) is 0 Å². The summed E-state index contributed by atoms with van der Waals surface area (Å²) in [5, 5.41) is 13.7. The maximum absolute atomic E-state index is 12.8. The number of amides is 1. The van der Waals surface area contributed by atoms with Gasteiger partial charge in [0.25, 0.3) is 7.82 Å². The lowest BCUT2D eigenvalue weighted by Gasteiger charge is -2.29. The minimum absolute atomic E-state index is 0.00794. The van der Waals surface area contributed by atoms with Crippen LogP contribution in [0.3, 0.4) is 0 Å². The van der Waals surface area contributed by atoms with Crippen molar-refractivity contribution in [2.45, 2.75) is 206 Å². The first-order valence-corrected chi connectivity index (χ1v) is 23.8. The van der Waals surface area contributed by atoms with Crippen LogP contribution < -0.4 is 10.2 Å². The number of unbranched alkanes of at least 4 members (excludes halogenated alkanes) is 23. The smallest absolute Gasteiger partial charge is 0.268 e. The van der Waals surface area contributed by atoms with Crippen LogP contribution in [0.15, 0.2) is 36.5 Å². The molecule has 2 N–H and O–H groups in total. The summed E-state index contributed by atoms with van der Waals surface area (Å²) in [5.74, 6) is -0.211. The predicted octanol–water partition coefficient (Wildman–Crippen LogP) is 11.7. The van der Waals surface area contributed by atoms with Crippen LogP contribution in [0.2, 0.25) is 0 Å². The number of phosphoric acid groups is 1. The van der Waals surface area contributed by atoms with Gasteiger partial charge in [-0.15, -0.1) is 0 Å². The van der Waals surface area contributed by atoms with Gasteiger partial charge in [-0.2, -0.15) is 0 Å². The third-order valence-electron chi connectivity index (χ3n) is 9.83. The van der Waals surface area contributed by atoms with Crippen LogP contribution in [0.25, 0.3) is 0 Å². The fraction of sp³-hybridized carbons (Fsp3) is 0.844. The summed E-state index contributed by atoms with van der Waals surface area (Å²) in [4.78, 5) is 25.3. The zero-order valence-corrected chi connectivity index (χ0v) is 36.8. The number of rotatable bonds is 40. The second kappa shape index (κ2) is 37.3. The van der Waals surface area contributed by atoms with Crippen molar-refractivity contribution in [3.05, 3.63) is 36.5 Å². The minimum Gasteiger partial charge on any atom is -0.756 e. The highest BCUT2D eigenvalue weighted by atomic mass is 31.2. The summed E-state index contributed by atoms with van der Waals surface area (Å²) < 4.78 is 23.2. The second-order valence-corrected chi connectivity index (χ2v) is 17.8. The van der Waals surface area contributed by atoms with E-state index < -0.39 is 26.6 Å². The minimum atomic E-state index is -4.59. The number of carbonyl (C=O) groups is 1. The molecule has 8 nitrogen and oxygen atoms in total. The molecular weight excluding hydrogens is 695 g/mol. The van der Waals surface area contributed by atoms with Crippen molar-refractivity contribution in [1.82, 2.24) is 5.32 Å². The Kier molecular flexibility index (Phi) is 36.4. The lowest BCUT2D eigenvalue weighted by Crippen LogP contribution is -2.45. The molecule has 0 saturated heterocycles. The summed E-state index contributed by atoms with van der Waals surface area (Å²) in [5.41, 5.74) is 0. The fourth-order valence-corrected chi connectivity index (χ4v) is 6.97. The van der Waals surface area contributed by atoms with Gasteiger partial charge in [0.1, 0.15) is 13.2 Å². The molecule has 0 aliphatic carbocycles. The number of nitrogens with zero attached hydrogens (tertiary/aromatic N) is 1. The van der Waals surface area contributed by atoms with E-state index in [-0.39, 0.29) is 12.5 Å². The lowest BCUT2D eigenvalue weighted by molar-refractivity contribution is -0.870. The highest BCUT2D eigenvalue weighted by Gasteiger charge is 2.23. The maximum atomic E-state index is 12.8. The van der Waals surface area contributed by atoms with E-state index in [9.17, 15) is 19.4 Å². The standard InChI is InChI=1S/C45H87N2O6P/c1-6-8-10-12-14-16-18-20-22-23-25-27-29-31-33-35-37-39-45(49)46-43(42-53-54(50,51)52-41-40-47(3,4)5)44(48)38-36-34-32-30-28-26-24-21-19-17-15-13-11-9-7-2/h19,21,28,30,36,38,43-44,48H,6-18,20,22-27,29,31-35,37,39-42H2,1-5H3,(H-,46,49,50,51)/b21-19+,30-28+,38-36+. The van der Waals surface area contributed by atoms with Crippen molar-refractivity contribution in [2.75, 3.05) is 40.9 Å². The molecule has 0 aliphatic heterocycles. The number of phosphoric ester groups is 1. The average molecular weight is 783 g/mol. The summed E-state index contributed by atoms with van der Waals surface area (Å²) in [6, 6.07) is -0.905. The van der Waals surface area contributed by atoms with E-state index in [0.717, 1.165) is 44.9 Å². The average Bonchev–Trinajstić information content (AvgIpc) is 3.12. The van der Waals surface area contributed by atoms with Crippen LogP contribution in [-0.2, 0) is 18.4 Å². The van der Waals surface area contributed by atoms with Gasteiger partial charge in [-0.25, -0.2) is 0 Å². The molecule has 0 bridgehead atoms. The normalized spacial score (nSPS) is 14.7. The molecule has 54 heavy (non-hydrogen) atoms. The number of hydrogen-bond donors (Lipinski definition) is 2. The fourth-order valence-electron chi connectivity index (χ4n) is 6.24. The molecule has 0 aromatic rings. The first-order valence-electron chi connectivity index (χ1n) is 22.4. The SMILES string of the molecule is CCCCCCC/C=C/CC/C=C/CC/C=C/C(O)C(COP(=O)([O-])OCC[N+](C)(C)C)NC(=O)CCCCCCCCCCCCCCCCCCC. The summed E-state index contributed by atoms with van der Waals surface area (Å²) >= 11 is 0. The number of carbonyl (C=O) groups excluding carboxylic acids is 1. The lowest BCUT2D eigenvalue weighted by atomic mass is 10.0. The molecule has 1 amide bonds. The summed E-state index contributed by atoms with van der Waals surface area (Å²) in [6.45, 7) is 4.60. The number of hydrogen-bond acceptors (Lipinski definition) is 6. The quantitative estimate of drug-likeness (QED) is 0.0277. The first kappa shape index (κ1) is 52.7. The van der Waals surface area contributed by atoms with Gasteiger partial charge in [0.15, 0.2) is 0 Å². The van der Waals surface area contributed by atoms with Gasteiger partial charge in [0, 0.05) is 6.42 Å². The molecule has 0 aromatic heterocycles. The van der Waals surface area contributed by atoms with E-state index in [2.05, 4.69) is 43.5 Å². The molecule has 0 saturated carbocycles. The number of likely N-dealkylation sites (N-methyl/N-ethyl adjacent to an activating group) is 1. The largest absolute Gasteiger partial charge is 0.756 e. The zero-order chi connectivity index (χ0) is 40.0. The van der Waals surface area contributed by atoms with Gasteiger partial charge < -0.3 is 28.8 Å². The molecule has 0 heterocycles. The van der Waals surface area contributed by atoms with Gasteiger partial charge in [0.05, 0.1) is 39.9 Å². The van der Waals surface area contributed by atoms with Crippen LogP contribution >= 0.6 is 7.82 Å². The Hall–Kier alpha value is -1.28. The van der Waals surface area contributed by atoms with Crippen LogP contribution in [0.1, 0.15) is 194 Å². The molecule has 3 atom stereocenters. The number of allylic oxidation sites excluding steroid dienone is 5. The number of aliphatic hydroxyl groups is 1. The van der Waals surface area contributed by atoms with Crippen LogP contribution in [0.4, 0.5) is 0 Å². The van der Waals surface area contributed by atoms with Crippen molar-refractivity contribution in [2.24, 2.45) is 0 Å². The monoisotopic (exact) mass is 783 g/mol. The van der Waals surface area contributed by atoms with E-state index in [1.807, 2.05) is 27.2 Å². The van der Waals surface area contributed by atoms with E-state index in [1.165, 1.54) is 128 Å². The number of quaternary nitrogens is 1. The molecule has 0 radical (unpaired) electrons. The third-order valence-corrected chi connectivity index (χ3v) is 10.8. The van der Waals surface area contributed by atoms with Crippen molar-refractivity contribution in [3.8, 4) is 0 Å². The van der Waals surface area contributed by atoms with Crippen molar-refractivity contribution in [3.63, 3.8) is 0 Å². The van der Waals surface area contributed by atoms with E-state index >= 15 is 0 Å². The maximum Gasteiger partial charge on any atom is 0.268 e. The van der Waals surface area contributed by atoms with Gasteiger partial charge in [-0.3, -0.25) is 9.36 Å².